The van der Waals surface area contributed by atoms with Crippen LogP contribution in [-0.2, 0) is 17.3 Å². The summed E-state index contributed by atoms with van der Waals surface area (Å²) in [4.78, 5) is 0. The van der Waals surface area contributed by atoms with Crippen molar-refractivity contribution in [1.82, 2.24) is 0 Å². The Hall–Kier alpha value is 4.11. The number of hydrogen-bond acceptors (Lipinski definition) is 0. The Morgan fingerprint density at radius 2 is 0.385 bits per heavy atom. The van der Waals surface area contributed by atoms with E-state index < -0.39 is 17.3 Å². The molecule has 0 bridgehead atoms. The minimum atomic E-state index is -4.11. The second-order valence-electron chi connectivity index (χ2n) is 1.01. The molecule has 0 aliphatic rings. The number of hydrogen-bond donors (Lipinski definition) is 0. The van der Waals surface area contributed by atoms with E-state index in [1.165, 1.54) is 0 Å². The van der Waals surface area contributed by atoms with Gasteiger partial charge in [-0.3, -0.25) is 0 Å². The van der Waals surface area contributed by atoms with E-state index in [2.05, 4.69) is 0 Å². The van der Waals surface area contributed by atoms with E-state index in [9.17, 15) is 0 Å². The van der Waals surface area contributed by atoms with E-state index >= 15 is 0 Å². The maximum absolute atomic E-state index is 5.02. The van der Waals surface area contributed by atoms with Gasteiger partial charge in [-0.2, -0.15) is 0 Å². The van der Waals surface area contributed by atoms with Crippen LogP contribution in [0.5, 0.6) is 0 Å². The van der Waals surface area contributed by atoms with Gasteiger partial charge in [0.15, 0.2) is 0 Å². The van der Waals surface area contributed by atoms with Crippen LogP contribution in [0.15, 0.2) is 0 Å². The van der Waals surface area contributed by atoms with Crippen LogP contribution >= 0.6 is 96.9 Å². The predicted octanol–water partition coefficient (Wildman–Crippen LogP) is 6.07. The summed E-state index contributed by atoms with van der Waals surface area (Å²) in [6.07, 6.45) is 0. The second kappa shape index (κ2) is 6.33. The van der Waals surface area contributed by atoms with Crippen molar-refractivity contribution < 1.29 is 22.8 Å². The van der Waals surface area contributed by atoms with Gasteiger partial charge in [-0.25, -0.2) is 0 Å². The summed E-state index contributed by atoms with van der Waals surface area (Å²) in [7, 11) is 42.0. The van der Waals surface area contributed by atoms with Crippen molar-refractivity contribution in [2.75, 3.05) is 0 Å². The molecule has 0 aromatic rings. The van der Waals surface area contributed by atoms with E-state index in [0.717, 1.165) is 0 Å². The van der Waals surface area contributed by atoms with E-state index in [1.54, 1.807) is 0 Å². The van der Waals surface area contributed by atoms with Crippen LogP contribution in [0.1, 0.15) is 0 Å². The third kappa shape index (κ3) is 190. The normalized spacial score (nSPS) is 17.7. The standard InChI is InChI=1S/10ClH.H2O.2Ru/h10*1H;1H2;;/q;;;;;;;;;;;2*+5/p-10. The Kier molecular flexibility index (Phi) is 10.9. The van der Waals surface area contributed by atoms with E-state index in [4.69, 9.17) is 96.9 Å². The van der Waals surface area contributed by atoms with Gasteiger partial charge in [0.25, 0.3) is 0 Å². The summed E-state index contributed by atoms with van der Waals surface area (Å²) in [6.45, 7) is 0. The molecule has 0 spiro atoms. The first-order chi connectivity index (χ1) is 4.47. The van der Waals surface area contributed by atoms with Crippen molar-refractivity contribution in [2.24, 2.45) is 0 Å². The van der Waals surface area contributed by atoms with Gasteiger partial charge in [-0.05, 0) is 0 Å². The Labute approximate surface area is 117 Å². The molecule has 0 saturated carbocycles. The Morgan fingerprint density at radius 1 is 0.385 bits per heavy atom. The molecule has 0 amide bonds. The summed E-state index contributed by atoms with van der Waals surface area (Å²) in [5, 5.41) is 0. The van der Waals surface area contributed by atoms with Crippen LogP contribution in [0.3, 0.4) is 0 Å². The van der Waals surface area contributed by atoms with Gasteiger partial charge in [0.05, 0.1) is 0 Å². The molecule has 0 aliphatic carbocycles. The van der Waals surface area contributed by atoms with Gasteiger partial charge in [-0.1, -0.05) is 0 Å². The summed E-state index contributed by atoms with van der Waals surface area (Å²) in [6, 6.07) is 0. The Bertz CT molecular complexity index is 99.3. The average molecular weight is 575 g/mol. The summed E-state index contributed by atoms with van der Waals surface area (Å²) in [5.41, 5.74) is 0. The van der Waals surface area contributed by atoms with Crippen LogP contribution in [-0.4, -0.2) is 5.48 Å². The van der Waals surface area contributed by atoms with Crippen LogP contribution < -0.4 is 0 Å². The first kappa shape index (κ1) is 22.3. The molecule has 0 aromatic heterocycles. The molecule has 0 saturated heterocycles. The molecular formula is H2Cl10ORu2. The van der Waals surface area contributed by atoms with Gasteiger partial charge >= 0.3 is 114 Å². The number of rotatable bonds is 0. The summed E-state index contributed by atoms with van der Waals surface area (Å²) >= 11 is 0. The predicted molar refractivity (Wildman–Crippen MR) is 62.1 cm³/mol. The molecule has 0 aromatic carbocycles. The fourth-order valence-corrected chi connectivity index (χ4v) is 0. The van der Waals surface area contributed by atoms with Gasteiger partial charge < -0.3 is 5.48 Å². The molecule has 0 fully saturated rings. The van der Waals surface area contributed by atoms with Crippen LogP contribution in [0.2, 0.25) is 0 Å². The molecule has 0 heterocycles. The topological polar surface area (TPSA) is 31.5 Å². The zero-order valence-corrected chi connectivity index (χ0v) is 16.0. The molecule has 0 radical (unpaired) electrons. The van der Waals surface area contributed by atoms with Crippen LogP contribution in [0.25, 0.3) is 0 Å². The molecule has 0 atom stereocenters. The molecular weight excluding hydrogens is 573 g/mol. The number of halogens is 10. The fourth-order valence-electron chi connectivity index (χ4n) is 0. The van der Waals surface area contributed by atoms with Gasteiger partial charge in [0.1, 0.15) is 0 Å². The molecule has 1 nitrogen and oxygen atoms in total. The average Bonchev–Trinajstić information content (AvgIpc) is 1.02. The first-order valence-electron chi connectivity index (χ1n) is 1.34. The molecule has 0 unspecified atom stereocenters. The maximum atomic E-state index is 5.02. The minimum absolute atomic E-state index is 0. The first-order valence-corrected chi connectivity index (χ1v) is 23.7. The molecule has 13 heteroatoms. The van der Waals surface area contributed by atoms with Crippen LogP contribution in [0.4, 0.5) is 0 Å². The monoisotopic (exact) mass is 572 g/mol. The summed E-state index contributed by atoms with van der Waals surface area (Å²) in [5.74, 6) is 0. The van der Waals surface area contributed by atoms with Crippen molar-refractivity contribution in [3.63, 3.8) is 0 Å². The zero-order valence-electron chi connectivity index (χ0n) is 4.99. The van der Waals surface area contributed by atoms with Crippen molar-refractivity contribution in [3.05, 3.63) is 0 Å². The summed E-state index contributed by atoms with van der Waals surface area (Å²) < 4.78 is 0. The molecule has 0 rings (SSSR count). The quantitative estimate of drug-likeness (QED) is 0.315. The fraction of sp³-hybridized carbons (Fsp3) is 0. The molecule has 13 heavy (non-hydrogen) atoms. The van der Waals surface area contributed by atoms with Gasteiger partial charge in [0, 0.05) is 0 Å². The molecule has 0 aliphatic heterocycles. The third-order valence-electron chi connectivity index (χ3n) is 0. The van der Waals surface area contributed by atoms with Gasteiger partial charge in [-0.15, -0.1) is 0 Å². The van der Waals surface area contributed by atoms with Gasteiger partial charge in [0.2, 0.25) is 0 Å². The Balaban J connectivity index is -0.000000143. The van der Waals surface area contributed by atoms with E-state index in [0.29, 0.717) is 0 Å². The van der Waals surface area contributed by atoms with E-state index in [-0.39, 0.29) is 5.48 Å². The van der Waals surface area contributed by atoms with Crippen molar-refractivity contribution in [2.45, 2.75) is 0 Å². The van der Waals surface area contributed by atoms with E-state index in [1.807, 2.05) is 0 Å². The van der Waals surface area contributed by atoms with Crippen molar-refractivity contribution >= 4 is 96.9 Å². The SMILES string of the molecule is O.[Cl][Ru]([Cl])([Cl])([Cl])[Cl].[Cl][Ru]([Cl])([Cl])([Cl])[Cl]. The third-order valence-corrected chi connectivity index (χ3v) is 0. The second-order valence-corrected chi connectivity index (χ2v) is 53.8. The van der Waals surface area contributed by atoms with Crippen molar-refractivity contribution in [1.29, 1.82) is 0 Å². The van der Waals surface area contributed by atoms with Crippen LogP contribution in [0, 0.1) is 0 Å². The Morgan fingerprint density at radius 3 is 0.385 bits per heavy atom. The molecule has 94 valence electrons. The van der Waals surface area contributed by atoms with Crippen molar-refractivity contribution in [3.8, 4) is 0 Å². The zero-order chi connectivity index (χ0) is 10.9. The molecule has 2 N–H and O–H groups in total.